The molecule has 1 aliphatic heterocycles. The van der Waals surface area contributed by atoms with E-state index in [2.05, 4.69) is 5.32 Å². The van der Waals surface area contributed by atoms with E-state index < -0.39 is 93.3 Å². The molecule has 7 atom stereocenters. The number of benzene rings is 2. The highest BCUT2D eigenvalue weighted by Gasteiger charge is 2.57. The summed E-state index contributed by atoms with van der Waals surface area (Å²) < 4.78 is 65.0. The van der Waals surface area contributed by atoms with E-state index in [1.807, 2.05) is 0 Å². The van der Waals surface area contributed by atoms with Gasteiger partial charge in [0.25, 0.3) is 5.91 Å². The summed E-state index contributed by atoms with van der Waals surface area (Å²) in [6, 6.07) is 6.37. The average Bonchev–Trinajstić information content (AvgIpc) is 3.12. The number of aliphatic hydroxyl groups excluding tert-OH is 3. The van der Waals surface area contributed by atoms with Crippen LogP contribution in [0.1, 0.15) is 36.0 Å². The van der Waals surface area contributed by atoms with Crippen molar-refractivity contribution in [2.24, 2.45) is 11.8 Å². The molecule has 2 saturated carbocycles. The summed E-state index contributed by atoms with van der Waals surface area (Å²) in [5.74, 6) is -5.84. The number of nitrogens with one attached hydrogen (secondary N) is 1. The number of rotatable bonds is 8. The van der Waals surface area contributed by atoms with Crippen LogP contribution < -0.4 is 5.32 Å². The Balaban J connectivity index is 1.29. The van der Waals surface area contributed by atoms with Gasteiger partial charge in [0.2, 0.25) is 0 Å². The molecule has 16 heteroatoms. The zero-order valence-corrected chi connectivity index (χ0v) is 24.4. The highest BCUT2D eigenvalue weighted by atomic mass is 35.5. The molecular formula is C28H30ClF2NO11S. The summed E-state index contributed by atoms with van der Waals surface area (Å²) in [5, 5.41) is 52.2. The average molecular weight is 662 g/mol. The molecule has 0 radical (unpaired) electrons. The number of hydrogen-bond acceptors (Lipinski definition) is 10. The van der Waals surface area contributed by atoms with Gasteiger partial charge in [0.05, 0.1) is 27.4 Å². The van der Waals surface area contributed by atoms with Gasteiger partial charge < -0.3 is 40.3 Å². The number of carboxylic acid groups (broad SMARTS) is 1. The summed E-state index contributed by atoms with van der Waals surface area (Å²) >= 11 is 6.26. The number of hydrogen-bond donors (Lipinski definition) is 6. The molecule has 2 bridgehead atoms. The Morgan fingerprint density at radius 3 is 2.27 bits per heavy atom. The zero-order valence-electron chi connectivity index (χ0n) is 22.8. The van der Waals surface area contributed by atoms with Gasteiger partial charge >= 0.3 is 5.97 Å². The van der Waals surface area contributed by atoms with Crippen LogP contribution in [-0.2, 0) is 24.1 Å². The number of carboxylic acids is 1. The molecule has 6 N–H and O–H groups in total. The smallest absolute Gasteiger partial charge is 0.335 e. The van der Waals surface area contributed by atoms with E-state index in [9.17, 15) is 52.3 Å². The lowest BCUT2D eigenvalue weighted by Gasteiger charge is -2.44. The van der Waals surface area contributed by atoms with E-state index in [0.29, 0.717) is 12.8 Å². The summed E-state index contributed by atoms with van der Waals surface area (Å²) in [5.41, 5.74) is -1.71. The maximum Gasteiger partial charge on any atom is 0.335 e. The summed E-state index contributed by atoms with van der Waals surface area (Å²) in [6.07, 6.45) is -8.31. The molecule has 3 aliphatic rings. The first-order chi connectivity index (χ1) is 20.6. The van der Waals surface area contributed by atoms with Crippen LogP contribution in [0.25, 0.3) is 0 Å². The number of carbonyl (C=O) groups is 2. The number of ether oxygens (including phenoxy) is 2. The molecule has 2 aromatic carbocycles. The predicted octanol–water partition coefficient (Wildman–Crippen LogP) is 1.47. The number of amides is 1. The van der Waals surface area contributed by atoms with Crippen LogP contribution in [0.4, 0.5) is 14.5 Å². The van der Waals surface area contributed by atoms with Crippen LogP contribution in [0.2, 0.25) is 5.02 Å². The molecule has 3 fully saturated rings. The minimum atomic E-state index is -4.15. The first-order valence-corrected chi connectivity index (χ1v) is 15.6. The quantitative estimate of drug-likeness (QED) is 0.239. The number of halogens is 3. The standard InChI is InChI=1S/C28H30ClF2NO11S/c29-17-5-1-12(25(36)32-15-4-6-18(30)19(31)10-15)7-20(17)44(40,41)16-8-13-2-3-14(9-16)28(13,39)11-42-27-23(35)21(33)22(34)24(43-27)26(37)38/h1,4-7,10,13-14,16,21-24,27,33-35,39H,2-3,8-9,11H2,(H,32,36)(H,37,38)/t13?,14?,16?,21-,22-,23+,24-,27+,28?/m0/s1. The van der Waals surface area contributed by atoms with Crippen molar-refractivity contribution in [3.63, 3.8) is 0 Å². The molecule has 240 valence electrons. The molecule has 1 amide bonds. The van der Waals surface area contributed by atoms with E-state index >= 15 is 0 Å². The highest BCUT2D eigenvalue weighted by molar-refractivity contribution is 7.92. The van der Waals surface area contributed by atoms with Crippen molar-refractivity contribution in [3.05, 3.63) is 58.6 Å². The van der Waals surface area contributed by atoms with Crippen LogP contribution in [0.5, 0.6) is 0 Å². The van der Waals surface area contributed by atoms with Gasteiger partial charge in [-0.3, -0.25) is 4.79 Å². The molecular weight excluding hydrogens is 632 g/mol. The van der Waals surface area contributed by atoms with Gasteiger partial charge in [-0.1, -0.05) is 11.6 Å². The third kappa shape index (κ3) is 5.95. The lowest BCUT2D eigenvalue weighted by Crippen LogP contribution is -2.61. The monoisotopic (exact) mass is 661 g/mol. The Morgan fingerprint density at radius 1 is 1.00 bits per heavy atom. The van der Waals surface area contributed by atoms with E-state index in [1.54, 1.807) is 0 Å². The Kier molecular flexibility index (Phi) is 9.05. The van der Waals surface area contributed by atoms with Gasteiger partial charge in [0.15, 0.2) is 33.9 Å². The van der Waals surface area contributed by atoms with Gasteiger partial charge in [-0.2, -0.15) is 0 Å². The van der Waals surface area contributed by atoms with Crippen molar-refractivity contribution in [1.29, 1.82) is 0 Å². The molecule has 0 spiro atoms. The number of fused-ring (bicyclic) bond motifs is 2. The number of carbonyl (C=O) groups excluding carboxylic acids is 1. The molecule has 1 heterocycles. The van der Waals surface area contributed by atoms with E-state index in [1.165, 1.54) is 12.1 Å². The van der Waals surface area contributed by atoms with Crippen LogP contribution in [-0.4, -0.2) is 94.0 Å². The van der Waals surface area contributed by atoms with E-state index in [-0.39, 0.29) is 34.0 Å². The molecule has 1 saturated heterocycles. The van der Waals surface area contributed by atoms with Gasteiger partial charge in [0, 0.05) is 17.3 Å². The minimum absolute atomic E-state index is 0.00648. The Hall–Kier alpha value is -2.76. The number of anilines is 1. The van der Waals surface area contributed by atoms with Crippen LogP contribution >= 0.6 is 11.6 Å². The van der Waals surface area contributed by atoms with Crippen LogP contribution in [0.15, 0.2) is 41.3 Å². The maximum absolute atomic E-state index is 13.8. The third-order valence-electron chi connectivity index (χ3n) is 8.78. The van der Waals surface area contributed by atoms with Crippen molar-refractivity contribution < 1.29 is 61.8 Å². The van der Waals surface area contributed by atoms with Crippen molar-refractivity contribution in [2.45, 2.75) is 72.1 Å². The molecule has 44 heavy (non-hydrogen) atoms. The summed E-state index contributed by atoms with van der Waals surface area (Å²) in [7, 11) is -4.15. The lowest BCUT2D eigenvalue weighted by atomic mass is 9.75. The minimum Gasteiger partial charge on any atom is -0.479 e. The number of aliphatic hydroxyl groups is 4. The van der Waals surface area contributed by atoms with Crippen molar-refractivity contribution in [2.75, 3.05) is 11.9 Å². The summed E-state index contributed by atoms with van der Waals surface area (Å²) in [6.45, 7) is -0.466. The predicted molar refractivity (Wildman–Crippen MR) is 147 cm³/mol. The first kappa shape index (κ1) is 32.6. The van der Waals surface area contributed by atoms with Crippen molar-refractivity contribution >= 4 is 39.0 Å². The second kappa shape index (κ2) is 12.2. The lowest BCUT2D eigenvalue weighted by molar-refractivity contribution is -0.305. The number of aliphatic carboxylic acids is 1. The molecule has 2 unspecified atom stereocenters. The largest absolute Gasteiger partial charge is 0.479 e. The molecule has 5 rings (SSSR count). The molecule has 12 nitrogen and oxygen atoms in total. The number of sulfone groups is 1. The fourth-order valence-corrected chi connectivity index (χ4v) is 8.73. The van der Waals surface area contributed by atoms with Gasteiger partial charge in [0.1, 0.15) is 18.3 Å². The second-order valence-electron chi connectivity index (χ2n) is 11.4. The van der Waals surface area contributed by atoms with Gasteiger partial charge in [-0.25, -0.2) is 22.0 Å². The Morgan fingerprint density at radius 2 is 1.66 bits per heavy atom. The fraction of sp³-hybridized carbons (Fsp3) is 0.500. The third-order valence-corrected chi connectivity index (χ3v) is 11.4. The van der Waals surface area contributed by atoms with Crippen molar-refractivity contribution in [3.8, 4) is 0 Å². The maximum atomic E-state index is 13.8. The first-order valence-electron chi connectivity index (χ1n) is 13.7. The molecule has 2 aromatic rings. The molecule has 0 aromatic heterocycles. The fourth-order valence-electron chi connectivity index (χ4n) is 6.32. The molecule has 2 aliphatic carbocycles. The van der Waals surface area contributed by atoms with Gasteiger partial charge in [-0.05, 0) is 67.9 Å². The topological polar surface area (TPSA) is 200 Å². The Bertz CT molecular complexity index is 1550. The normalized spacial score (nSPS) is 33.6. The van der Waals surface area contributed by atoms with Gasteiger partial charge in [-0.15, -0.1) is 0 Å². The van der Waals surface area contributed by atoms with E-state index in [4.69, 9.17) is 21.1 Å². The van der Waals surface area contributed by atoms with Crippen molar-refractivity contribution in [1.82, 2.24) is 0 Å². The van der Waals surface area contributed by atoms with Crippen LogP contribution in [0, 0.1) is 23.5 Å². The Labute approximate surface area is 255 Å². The highest BCUT2D eigenvalue weighted by Crippen LogP contribution is 2.52. The zero-order chi connectivity index (χ0) is 32.1. The SMILES string of the molecule is O=C(Nc1ccc(F)c(F)c1)c1ccc(Cl)c(S(=O)(=O)C2CC3CCC(C2)C3(O)CO[C@@H]2O[C@H](C(=O)O)[C@@H](O)[C@H](O)[C@H]2O)c1. The summed E-state index contributed by atoms with van der Waals surface area (Å²) in [4.78, 5) is 23.9. The second-order valence-corrected chi connectivity index (χ2v) is 14.0. The van der Waals surface area contributed by atoms with E-state index in [0.717, 1.165) is 24.3 Å². The van der Waals surface area contributed by atoms with Crippen LogP contribution in [0.3, 0.4) is 0 Å².